The summed E-state index contributed by atoms with van der Waals surface area (Å²) in [6, 6.07) is 1.74. The molecule has 100 valence electrons. The molecule has 0 saturated carbocycles. The van der Waals surface area contributed by atoms with Crippen LogP contribution in [0, 0.1) is 12.8 Å². The molecule has 3 nitrogen and oxygen atoms in total. The van der Waals surface area contributed by atoms with E-state index in [2.05, 4.69) is 4.98 Å². The number of pyridine rings is 1. The van der Waals surface area contributed by atoms with Crippen molar-refractivity contribution in [2.75, 3.05) is 23.7 Å². The van der Waals surface area contributed by atoms with E-state index < -0.39 is 12.1 Å². The lowest BCUT2D eigenvalue weighted by Gasteiger charge is -2.35. The van der Waals surface area contributed by atoms with Gasteiger partial charge in [-0.2, -0.15) is 13.2 Å². The predicted molar refractivity (Wildman–Crippen MR) is 64.4 cm³/mol. The summed E-state index contributed by atoms with van der Waals surface area (Å²) in [6.45, 7) is 2.37. The number of nitrogen functional groups attached to an aromatic ring is 1. The van der Waals surface area contributed by atoms with Gasteiger partial charge in [-0.15, -0.1) is 0 Å². The number of aryl methyl sites for hydroxylation is 1. The van der Waals surface area contributed by atoms with E-state index in [0.29, 0.717) is 24.5 Å². The van der Waals surface area contributed by atoms with Crippen LogP contribution in [0.1, 0.15) is 18.4 Å². The fraction of sp³-hybridized carbons (Fsp3) is 0.583. The maximum atomic E-state index is 12.7. The summed E-state index contributed by atoms with van der Waals surface area (Å²) >= 11 is 0. The first-order chi connectivity index (χ1) is 8.38. The van der Waals surface area contributed by atoms with Crippen LogP contribution in [0.3, 0.4) is 0 Å². The highest BCUT2D eigenvalue weighted by Crippen LogP contribution is 2.35. The van der Waals surface area contributed by atoms with E-state index >= 15 is 0 Å². The number of aromatic nitrogens is 1. The summed E-state index contributed by atoms with van der Waals surface area (Å²) in [5, 5.41) is 0. The maximum Gasteiger partial charge on any atom is 0.393 e. The molecule has 0 aliphatic carbocycles. The number of alkyl halides is 3. The average Bonchev–Trinajstić information content (AvgIpc) is 2.28. The van der Waals surface area contributed by atoms with Crippen LogP contribution >= 0.6 is 0 Å². The first-order valence-corrected chi connectivity index (χ1v) is 5.91. The molecule has 1 unspecified atom stereocenters. The number of halogens is 3. The Morgan fingerprint density at radius 1 is 1.44 bits per heavy atom. The molecule has 2 heterocycles. The molecule has 1 aromatic rings. The fourth-order valence-corrected chi connectivity index (χ4v) is 2.29. The van der Waals surface area contributed by atoms with Crippen LogP contribution in [-0.4, -0.2) is 24.2 Å². The summed E-state index contributed by atoms with van der Waals surface area (Å²) in [6.07, 6.45) is -1.81. The van der Waals surface area contributed by atoms with Gasteiger partial charge in [0, 0.05) is 19.3 Å². The first-order valence-electron chi connectivity index (χ1n) is 5.91. The van der Waals surface area contributed by atoms with Crippen molar-refractivity contribution >= 4 is 11.5 Å². The highest BCUT2D eigenvalue weighted by Gasteiger charge is 2.42. The molecule has 2 N–H and O–H groups in total. The Morgan fingerprint density at radius 3 is 2.78 bits per heavy atom. The second-order valence-corrected chi connectivity index (χ2v) is 4.75. The van der Waals surface area contributed by atoms with Gasteiger partial charge in [-0.05, 0) is 31.4 Å². The minimum absolute atomic E-state index is 0.0518. The molecule has 6 heteroatoms. The summed E-state index contributed by atoms with van der Waals surface area (Å²) in [5.41, 5.74) is 7.17. The van der Waals surface area contributed by atoms with Crippen molar-refractivity contribution in [3.8, 4) is 0 Å². The highest BCUT2D eigenvalue weighted by molar-refractivity contribution is 5.63. The van der Waals surface area contributed by atoms with Gasteiger partial charge in [-0.3, -0.25) is 0 Å². The fourth-order valence-electron chi connectivity index (χ4n) is 2.29. The van der Waals surface area contributed by atoms with Crippen LogP contribution in [-0.2, 0) is 0 Å². The van der Waals surface area contributed by atoms with Gasteiger partial charge in [-0.1, -0.05) is 0 Å². The zero-order valence-electron chi connectivity index (χ0n) is 10.2. The third kappa shape index (κ3) is 2.68. The molecule has 1 aromatic heterocycles. The van der Waals surface area contributed by atoms with E-state index in [1.807, 2.05) is 6.92 Å². The van der Waals surface area contributed by atoms with Crippen LogP contribution in [0.5, 0.6) is 0 Å². The molecule has 1 aliphatic heterocycles. The van der Waals surface area contributed by atoms with Gasteiger partial charge < -0.3 is 10.6 Å². The minimum atomic E-state index is -4.14. The SMILES string of the molecule is Cc1cnc(N2CCCC(C(F)(F)F)C2)c(N)c1. The molecule has 1 atom stereocenters. The number of nitrogens with zero attached hydrogens (tertiary/aromatic N) is 2. The average molecular weight is 259 g/mol. The quantitative estimate of drug-likeness (QED) is 0.843. The first kappa shape index (κ1) is 13.0. The topological polar surface area (TPSA) is 42.2 Å². The zero-order valence-corrected chi connectivity index (χ0v) is 10.2. The van der Waals surface area contributed by atoms with E-state index in [4.69, 9.17) is 5.73 Å². The Bertz CT molecular complexity index is 431. The molecule has 18 heavy (non-hydrogen) atoms. The van der Waals surface area contributed by atoms with Crippen molar-refractivity contribution in [2.24, 2.45) is 5.92 Å². The second kappa shape index (κ2) is 4.66. The van der Waals surface area contributed by atoms with Gasteiger partial charge in [0.05, 0.1) is 11.6 Å². The summed E-state index contributed by atoms with van der Waals surface area (Å²) in [7, 11) is 0. The molecule has 1 saturated heterocycles. The molecule has 2 rings (SSSR count). The third-order valence-corrected chi connectivity index (χ3v) is 3.22. The van der Waals surface area contributed by atoms with Crippen molar-refractivity contribution in [3.05, 3.63) is 17.8 Å². The van der Waals surface area contributed by atoms with Crippen LogP contribution < -0.4 is 10.6 Å². The van der Waals surface area contributed by atoms with E-state index in [1.165, 1.54) is 0 Å². The molecular weight excluding hydrogens is 243 g/mol. The van der Waals surface area contributed by atoms with Crippen molar-refractivity contribution in [1.29, 1.82) is 0 Å². The monoisotopic (exact) mass is 259 g/mol. The smallest absolute Gasteiger partial charge is 0.393 e. The predicted octanol–water partition coefficient (Wildman–Crippen LogP) is 2.75. The molecule has 0 aromatic carbocycles. The molecule has 1 fully saturated rings. The Hall–Kier alpha value is -1.46. The summed E-state index contributed by atoms with van der Waals surface area (Å²) < 4.78 is 38.2. The van der Waals surface area contributed by atoms with E-state index in [0.717, 1.165) is 5.56 Å². The van der Waals surface area contributed by atoms with Gasteiger partial charge in [-0.25, -0.2) is 4.98 Å². The van der Waals surface area contributed by atoms with Crippen molar-refractivity contribution < 1.29 is 13.2 Å². The Labute approximate surface area is 104 Å². The van der Waals surface area contributed by atoms with Gasteiger partial charge >= 0.3 is 6.18 Å². The number of hydrogen-bond donors (Lipinski definition) is 1. The van der Waals surface area contributed by atoms with Gasteiger partial charge in [0.25, 0.3) is 0 Å². The summed E-state index contributed by atoms with van der Waals surface area (Å²) in [5.74, 6) is -0.816. The van der Waals surface area contributed by atoms with Gasteiger partial charge in [0.1, 0.15) is 0 Å². The zero-order chi connectivity index (χ0) is 13.3. The standard InChI is InChI=1S/C12H16F3N3/c1-8-5-10(16)11(17-6-8)18-4-2-3-9(7-18)12(13,14)15/h5-6,9H,2-4,7,16H2,1H3. The second-order valence-electron chi connectivity index (χ2n) is 4.75. The lowest BCUT2D eigenvalue weighted by molar-refractivity contribution is -0.176. The largest absolute Gasteiger partial charge is 0.396 e. The summed E-state index contributed by atoms with van der Waals surface area (Å²) in [4.78, 5) is 5.79. The molecule has 0 spiro atoms. The van der Waals surface area contributed by atoms with Crippen molar-refractivity contribution in [2.45, 2.75) is 25.9 Å². The molecule has 0 radical (unpaired) electrons. The number of hydrogen-bond acceptors (Lipinski definition) is 3. The number of piperidine rings is 1. The van der Waals surface area contributed by atoms with E-state index in [9.17, 15) is 13.2 Å². The van der Waals surface area contributed by atoms with Crippen LogP contribution in [0.25, 0.3) is 0 Å². The molecule has 1 aliphatic rings. The highest BCUT2D eigenvalue weighted by atomic mass is 19.4. The van der Waals surface area contributed by atoms with E-state index in [1.54, 1.807) is 17.2 Å². The van der Waals surface area contributed by atoms with Crippen molar-refractivity contribution in [1.82, 2.24) is 4.98 Å². The Morgan fingerprint density at radius 2 is 2.17 bits per heavy atom. The Balaban J connectivity index is 2.18. The number of nitrogens with two attached hydrogens (primary N) is 1. The molecular formula is C12H16F3N3. The lowest BCUT2D eigenvalue weighted by atomic mass is 9.97. The van der Waals surface area contributed by atoms with Crippen LogP contribution in [0.4, 0.5) is 24.7 Å². The lowest BCUT2D eigenvalue weighted by Crippen LogP contribution is -2.42. The number of rotatable bonds is 1. The minimum Gasteiger partial charge on any atom is -0.396 e. The molecule has 0 amide bonds. The third-order valence-electron chi connectivity index (χ3n) is 3.22. The normalized spacial score (nSPS) is 21.1. The van der Waals surface area contributed by atoms with E-state index in [-0.39, 0.29) is 13.0 Å². The maximum absolute atomic E-state index is 12.7. The van der Waals surface area contributed by atoms with Crippen LogP contribution in [0.15, 0.2) is 12.3 Å². The Kier molecular flexibility index (Phi) is 3.36. The molecule has 0 bridgehead atoms. The van der Waals surface area contributed by atoms with Gasteiger partial charge in [0.15, 0.2) is 5.82 Å². The number of anilines is 2. The van der Waals surface area contributed by atoms with Crippen LogP contribution in [0.2, 0.25) is 0 Å². The van der Waals surface area contributed by atoms with Gasteiger partial charge in [0.2, 0.25) is 0 Å². The van der Waals surface area contributed by atoms with Crippen molar-refractivity contribution in [3.63, 3.8) is 0 Å².